The van der Waals surface area contributed by atoms with Gasteiger partial charge in [-0.25, -0.2) is 15.0 Å². The maximum absolute atomic E-state index is 12.9. The number of amides is 1. The Morgan fingerprint density at radius 1 is 1.11 bits per heavy atom. The molecule has 1 aliphatic rings. The third-order valence-corrected chi connectivity index (χ3v) is 6.21. The molecule has 0 spiro atoms. The third-order valence-electron chi connectivity index (χ3n) is 6.21. The molecule has 0 atom stereocenters. The Hall–Kier alpha value is -4.58. The molecule has 0 aliphatic carbocycles. The molecular weight excluding hydrogens is 472 g/mol. The van der Waals surface area contributed by atoms with Crippen LogP contribution in [0.1, 0.15) is 28.6 Å². The number of likely N-dealkylation sites (N-methyl/N-ethyl adjacent to an activating group) is 1. The van der Waals surface area contributed by atoms with Crippen LogP contribution in [0.15, 0.2) is 41.7 Å². The SMILES string of the molecule is C=C(C)c1cc(NC(=O)c2ccc(C)c(Nc3ncnc4c(N)nc(N5CCN(C)CC5)nc34)c2)no1. The predicted molar refractivity (Wildman–Crippen MR) is 143 cm³/mol. The largest absolute Gasteiger partial charge is 0.382 e. The first-order chi connectivity index (χ1) is 17.8. The van der Waals surface area contributed by atoms with E-state index in [1.54, 1.807) is 25.1 Å². The van der Waals surface area contributed by atoms with Crippen molar-refractivity contribution in [3.63, 3.8) is 0 Å². The fourth-order valence-corrected chi connectivity index (χ4v) is 3.95. The molecule has 0 bridgehead atoms. The maximum Gasteiger partial charge on any atom is 0.256 e. The van der Waals surface area contributed by atoms with Gasteiger partial charge in [0.2, 0.25) is 5.95 Å². The molecule has 1 aliphatic heterocycles. The van der Waals surface area contributed by atoms with E-state index in [-0.39, 0.29) is 11.7 Å². The van der Waals surface area contributed by atoms with Gasteiger partial charge in [0.05, 0.1) is 0 Å². The molecule has 0 radical (unpaired) electrons. The molecule has 4 heterocycles. The highest BCUT2D eigenvalue weighted by molar-refractivity contribution is 6.04. The van der Waals surface area contributed by atoms with Gasteiger partial charge in [0.1, 0.15) is 17.4 Å². The second-order valence-corrected chi connectivity index (χ2v) is 9.08. The zero-order chi connectivity index (χ0) is 26.1. The number of rotatable bonds is 6. The Bertz CT molecular complexity index is 1490. The van der Waals surface area contributed by atoms with Gasteiger partial charge in [-0.1, -0.05) is 17.8 Å². The monoisotopic (exact) mass is 500 g/mol. The van der Waals surface area contributed by atoms with Gasteiger partial charge in [0, 0.05) is 43.5 Å². The summed E-state index contributed by atoms with van der Waals surface area (Å²) in [6, 6.07) is 6.95. The quantitative estimate of drug-likeness (QED) is 0.358. The topological polar surface area (TPSA) is 151 Å². The minimum Gasteiger partial charge on any atom is -0.382 e. The summed E-state index contributed by atoms with van der Waals surface area (Å²) in [4.78, 5) is 35.2. The first-order valence-corrected chi connectivity index (χ1v) is 11.8. The first kappa shape index (κ1) is 24.1. The van der Waals surface area contributed by atoms with E-state index in [0.29, 0.717) is 51.2 Å². The van der Waals surface area contributed by atoms with E-state index in [2.05, 4.69) is 54.2 Å². The zero-order valence-electron chi connectivity index (χ0n) is 20.9. The lowest BCUT2D eigenvalue weighted by atomic mass is 10.1. The molecule has 4 aromatic rings. The van der Waals surface area contributed by atoms with Crippen molar-refractivity contribution in [3.05, 3.63) is 54.1 Å². The molecule has 12 heteroatoms. The summed E-state index contributed by atoms with van der Waals surface area (Å²) in [6.45, 7) is 11.0. The highest BCUT2D eigenvalue weighted by atomic mass is 16.5. The molecule has 1 fully saturated rings. The van der Waals surface area contributed by atoms with Crippen molar-refractivity contribution in [2.24, 2.45) is 0 Å². The Morgan fingerprint density at radius 3 is 2.62 bits per heavy atom. The number of nitrogens with zero attached hydrogens (tertiary/aromatic N) is 7. The number of allylic oxidation sites excluding steroid dienone is 1. The number of benzene rings is 1. The summed E-state index contributed by atoms with van der Waals surface area (Å²) in [5.74, 6) is 1.79. The van der Waals surface area contributed by atoms with Crippen LogP contribution in [0.2, 0.25) is 0 Å². The summed E-state index contributed by atoms with van der Waals surface area (Å²) >= 11 is 0. The van der Waals surface area contributed by atoms with Crippen LogP contribution in [-0.4, -0.2) is 69.1 Å². The molecule has 1 amide bonds. The molecule has 190 valence electrons. The number of hydrogen-bond acceptors (Lipinski definition) is 11. The Labute approximate surface area is 213 Å². The van der Waals surface area contributed by atoms with E-state index in [1.807, 2.05) is 13.0 Å². The predicted octanol–water partition coefficient (Wildman–Crippen LogP) is 3.08. The summed E-state index contributed by atoms with van der Waals surface area (Å²) in [5.41, 5.74) is 9.97. The van der Waals surface area contributed by atoms with Gasteiger partial charge in [0.25, 0.3) is 5.91 Å². The van der Waals surface area contributed by atoms with Gasteiger partial charge in [0.15, 0.2) is 23.2 Å². The van der Waals surface area contributed by atoms with Crippen molar-refractivity contribution in [3.8, 4) is 0 Å². The van der Waals surface area contributed by atoms with Crippen LogP contribution in [0.5, 0.6) is 0 Å². The fraction of sp³-hybridized carbons (Fsp3) is 0.280. The van der Waals surface area contributed by atoms with Crippen molar-refractivity contribution in [2.75, 3.05) is 54.5 Å². The standard InChI is InChI=1S/C25H28N10O2/c1-14(2)18-12-19(33-37-18)30-24(36)16-6-5-15(3)17(11-16)29-23-21-20(27-13-28-23)22(26)32-25(31-21)35-9-7-34(4)8-10-35/h5-6,11-13H,1,7-10H2,2-4H3,(H2,26,31,32)(H,27,28,29)(H,30,33,36). The van der Waals surface area contributed by atoms with Crippen molar-refractivity contribution in [1.82, 2.24) is 30.0 Å². The molecular formula is C25H28N10O2. The van der Waals surface area contributed by atoms with E-state index in [0.717, 1.165) is 31.7 Å². The number of nitrogen functional groups attached to an aromatic ring is 1. The molecule has 1 aromatic carbocycles. The van der Waals surface area contributed by atoms with E-state index in [9.17, 15) is 4.79 Å². The Morgan fingerprint density at radius 2 is 1.89 bits per heavy atom. The van der Waals surface area contributed by atoms with Crippen molar-refractivity contribution in [1.29, 1.82) is 0 Å². The Balaban J connectivity index is 1.43. The molecule has 37 heavy (non-hydrogen) atoms. The van der Waals surface area contributed by atoms with Gasteiger partial charge in [-0.05, 0) is 44.2 Å². The smallest absolute Gasteiger partial charge is 0.256 e. The molecule has 0 unspecified atom stereocenters. The molecule has 4 N–H and O–H groups in total. The lowest BCUT2D eigenvalue weighted by Gasteiger charge is -2.32. The maximum atomic E-state index is 12.9. The second kappa shape index (κ2) is 9.82. The van der Waals surface area contributed by atoms with Crippen LogP contribution in [0.3, 0.4) is 0 Å². The second-order valence-electron chi connectivity index (χ2n) is 9.08. The lowest BCUT2D eigenvalue weighted by molar-refractivity contribution is 0.102. The number of aryl methyl sites for hydroxylation is 1. The number of fused-ring (bicyclic) bond motifs is 1. The minimum absolute atomic E-state index is 0.288. The van der Waals surface area contributed by atoms with Crippen LogP contribution < -0.4 is 21.3 Å². The Kier molecular flexibility index (Phi) is 6.40. The highest BCUT2D eigenvalue weighted by Crippen LogP contribution is 2.28. The number of piperazine rings is 1. The highest BCUT2D eigenvalue weighted by Gasteiger charge is 2.20. The van der Waals surface area contributed by atoms with Gasteiger partial charge in [-0.2, -0.15) is 4.98 Å². The van der Waals surface area contributed by atoms with Crippen molar-refractivity contribution in [2.45, 2.75) is 13.8 Å². The van der Waals surface area contributed by atoms with Gasteiger partial charge < -0.3 is 30.7 Å². The summed E-state index contributed by atoms with van der Waals surface area (Å²) in [7, 11) is 2.09. The van der Waals surface area contributed by atoms with E-state index < -0.39 is 0 Å². The minimum atomic E-state index is -0.332. The van der Waals surface area contributed by atoms with E-state index >= 15 is 0 Å². The number of hydrogen-bond donors (Lipinski definition) is 3. The van der Waals surface area contributed by atoms with Crippen LogP contribution in [0, 0.1) is 6.92 Å². The fourth-order valence-electron chi connectivity index (χ4n) is 3.95. The number of anilines is 5. The normalized spacial score (nSPS) is 14.1. The molecule has 5 rings (SSSR count). The van der Waals surface area contributed by atoms with Gasteiger partial charge >= 0.3 is 0 Å². The molecule has 1 saturated heterocycles. The van der Waals surface area contributed by atoms with E-state index in [1.165, 1.54) is 6.33 Å². The average Bonchev–Trinajstić information content (AvgIpc) is 3.35. The van der Waals surface area contributed by atoms with Crippen LogP contribution >= 0.6 is 0 Å². The summed E-state index contributed by atoms with van der Waals surface area (Å²) in [5, 5.41) is 9.92. The lowest BCUT2D eigenvalue weighted by Crippen LogP contribution is -2.45. The number of aromatic nitrogens is 5. The number of nitrogens with one attached hydrogen (secondary N) is 2. The third kappa shape index (κ3) is 5.05. The van der Waals surface area contributed by atoms with Gasteiger partial charge in [-0.3, -0.25) is 4.79 Å². The summed E-state index contributed by atoms with van der Waals surface area (Å²) in [6.07, 6.45) is 1.41. The number of nitrogens with two attached hydrogens (primary N) is 1. The van der Waals surface area contributed by atoms with Gasteiger partial charge in [-0.15, -0.1) is 0 Å². The number of carbonyl (C=O) groups excluding carboxylic acids is 1. The van der Waals surface area contributed by atoms with Crippen LogP contribution in [0.4, 0.5) is 29.1 Å². The molecule has 3 aromatic heterocycles. The van der Waals surface area contributed by atoms with Crippen molar-refractivity contribution >= 4 is 51.6 Å². The molecule has 12 nitrogen and oxygen atoms in total. The van der Waals surface area contributed by atoms with E-state index in [4.69, 9.17) is 15.2 Å². The first-order valence-electron chi connectivity index (χ1n) is 11.8. The van der Waals surface area contributed by atoms with Crippen LogP contribution in [-0.2, 0) is 0 Å². The molecule has 0 saturated carbocycles. The average molecular weight is 501 g/mol. The number of carbonyl (C=O) groups is 1. The van der Waals surface area contributed by atoms with Crippen molar-refractivity contribution < 1.29 is 9.32 Å². The van der Waals surface area contributed by atoms with Crippen LogP contribution in [0.25, 0.3) is 16.6 Å². The zero-order valence-corrected chi connectivity index (χ0v) is 20.9. The summed E-state index contributed by atoms with van der Waals surface area (Å²) < 4.78 is 5.17.